The Morgan fingerprint density at radius 2 is 1.71 bits per heavy atom. The van der Waals surface area contributed by atoms with Crippen LogP contribution in [0.3, 0.4) is 0 Å². The molecule has 0 saturated carbocycles. The van der Waals surface area contributed by atoms with E-state index < -0.39 is 11.8 Å². The Morgan fingerprint density at radius 1 is 1.21 bits per heavy atom. The molecule has 0 atom stereocenters. The molecule has 2 N–H and O–H groups in total. The van der Waals surface area contributed by atoms with Gasteiger partial charge >= 0.3 is 5.97 Å². The summed E-state index contributed by atoms with van der Waals surface area (Å²) in [6.07, 6.45) is 0. The van der Waals surface area contributed by atoms with Gasteiger partial charge in [-0.15, -0.1) is 0 Å². The lowest BCUT2D eigenvalue weighted by Crippen LogP contribution is -2.02. The number of halogens is 1. The van der Waals surface area contributed by atoms with Crippen molar-refractivity contribution in [3.63, 3.8) is 0 Å². The number of hydrogen-bond acceptors (Lipinski definition) is 2. The Labute approximate surface area is 80.1 Å². The second-order valence-corrected chi connectivity index (χ2v) is 2.77. The van der Waals surface area contributed by atoms with Gasteiger partial charge in [0.05, 0.1) is 0 Å². The number of rotatable bonds is 2. The summed E-state index contributed by atoms with van der Waals surface area (Å²) in [5.41, 5.74) is 0.0592. The van der Waals surface area contributed by atoms with Crippen LogP contribution in [0.5, 0.6) is 0 Å². The van der Waals surface area contributed by atoms with E-state index in [1.165, 1.54) is 19.1 Å². The number of carbonyl (C=O) groups is 1. The Morgan fingerprint density at radius 3 is 2.07 bits per heavy atom. The molecule has 0 amide bonds. The number of aliphatic hydroxyl groups excluding tert-OH is 1. The maximum atomic E-state index is 12.5. The first kappa shape index (κ1) is 10.2. The van der Waals surface area contributed by atoms with Crippen LogP contribution >= 0.6 is 0 Å². The van der Waals surface area contributed by atoms with E-state index >= 15 is 0 Å². The molecule has 3 nitrogen and oxygen atoms in total. The van der Waals surface area contributed by atoms with Crippen LogP contribution in [0, 0.1) is 5.82 Å². The minimum Gasteiger partial charge on any atom is -0.512 e. The lowest BCUT2D eigenvalue weighted by Gasteiger charge is -2.03. The Hall–Kier alpha value is -1.84. The molecule has 1 aromatic rings. The topological polar surface area (TPSA) is 57.5 Å². The highest BCUT2D eigenvalue weighted by Gasteiger charge is 2.13. The summed E-state index contributed by atoms with van der Waals surface area (Å²) in [4.78, 5) is 10.7. The fraction of sp³-hybridized carbons (Fsp3) is 0.100. The van der Waals surface area contributed by atoms with Crippen molar-refractivity contribution < 1.29 is 19.4 Å². The summed E-state index contributed by atoms with van der Waals surface area (Å²) >= 11 is 0. The van der Waals surface area contributed by atoms with Gasteiger partial charge in [-0.05, 0) is 24.6 Å². The van der Waals surface area contributed by atoms with E-state index in [4.69, 9.17) is 10.2 Å². The van der Waals surface area contributed by atoms with Crippen LogP contribution in [-0.2, 0) is 4.79 Å². The van der Waals surface area contributed by atoms with Gasteiger partial charge in [0.15, 0.2) is 0 Å². The van der Waals surface area contributed by atoms with Gasteiger partial charge in [0.25, 0.3) is 0 Å². The van der Waals surface area contributed by atoms with Crippen molar-refractivity contribution in [3.05, 3.63) is 41.4 Å². The minimum atomic E-state index is -1.24. The molecule has 1 aromatic carbocycles. The quantitative estimate of drug-likeness (QED) is 0.563. The number of allylic oxidation sites excluding steroid dienone is 1. The average molecular weight is 196 g/mol. The molecular weight excluding hydrogens is 187 g/mol. The highest BCUT2D eigenvalue weighted by atomic mass is 19.1. The highest BCUT2D eigenvalue weighted by Crippen LogP contribution is 2.17. The van der Waals surface area contributed by atoms with Gasteiger partial charge in [-0.25, -0.2) is 9.18 Å². The monoisotopic (exact) mass is 196 g/mol. The van der Waals surface area contributed by atoms with Gasteiger partial charge in [-0.3, -0.25) is 0 Å². The van der Waals surface area contributed by atoms with Crippen molar-refractivity contribution in [1.29, 1.82) is 0 Å². The Balaban J connectivity index is 3.21. The van der Waals surface area contributed by atoms with Crippen LogP contribution in [-0.4, -0.2) is 16.2 Å². The molecule has 1 rings (SSSR count). The zero-order chi connectivity index (χ0) is 10.7. The van der Waals surface area contributed by atoms with Gasteiger partial charge in [0.2, 0.25) is 0 Å². The van der Waals surface area contributed by atoms with E-state index in [-0.39, 0.29) is 16.9 Å². The number of aliphatic hydroxyl groups is 1. The molecular formula is C10H9FO3. The summed E-state index contributed by atoms with van der Waals surface area (Å²) < 4.78 is 12.5. The second kappa shape index (κ2) is 3.91. The SMILES string of the molecule is CC(O)=C(C(=O)O)c1ccc(F)cc1. The minimum absolute atomic E-state index is 0.218. The van der Waals surface area contributed by atoms with Crippen LogP contribution in [0.15, 0.2) is 30.0 Å². The Kier molecular flexibility index (Phi) is 2.86. The van der Waals surface area contributed by atoms with Gasteiger partial charge in [-0.2, -0.15) is 0 Å². The molecule has 0 aliphatic heterocycles. The van der Waals surface area contributed by atoms with Gasteiger partial charge in [0, 0.05) is 0 Å². The second-order valence-electron chi connectivity index (χ2n) is 2.77. The predicted molar refractivity (Wildman–Crippen MR) is 49.3 cm³/mol. The zero-order valence-electron chi connectivity index (χ0n) is 7.49. The molecule has 0 aromatic heterocycles. The average Bonchev–Trinajstić information content (AvgIpc) is 2.07. The summed E-state index contributed by atoms with van der Waals surface area (Å²) in [7, 11) is 0. The molecule has 0 aliphatic rings. The molecule has 4 heteroatoms. The van der Waals surface area contributed by atoms with Crippen LogP contribution in [0.1, 0.15) is 12.5 Å². The molecule has 0 aliphatic carbocycles. The van der Waals surface area contributed by atoms with Crippen LogP contribution in [0.2, 0.25) is 0 Å². The number of hydrogen-bond donors (Lipinski definition) is 2. The fourth-order valence-electron chi connectivity index (χ4n) is 1.10. The standard InChI is InChI=1S/C10H9FO3/c1-6(12)9(10(13)14)7-2-4-8(11)5-3-7/h2-5,12H,1H3,(H,13,14). The van der Waals surface area contributed by atoms with E-state index in [1.54, 1.807) is 0 Å². The number of carboxylic acids is 1. The summed E-state index contributed by atoms with van der Waals surface area (Å²) in [6.45, 7) is 1.27. The number of carboxylic acid groups (broad SMARTS) is 1. The molecule has 0 unspecified atom stereocenters. The van der Waals surface area contributed by atoms with Crippen molar-refractivity contribution in [2.45, 2.75) is 6.92 Å². The lowest BCUT2D eigenvalue weighted by molar-refractivity contribution is -0.130. The van der Waals surface area contributed by atoms with Gasteiger partial charge < -0.3 is 10.2 Å². The molecule has 0 fully saturated rings. The molecule has 0 bridgehead atoms. The third-order valence-corrected chi connectivity index (χ3v) is 1.71. The first-order valence-electron chi connectivity index (χ1n) is 3.91. The van der Waals surface area contributed by atoms with E-state index in [9.17, 15) is 9.18 Å². The van der Waals surface area contributed by atoms with E-state index in [2.05, 4.69) is 0 Å². The predicted octanol–water partition coefficient (Wildman–Crippen LogP) is 2.20. The normalized spacial score (nSPS) is 12.1. The number of aliphatic carboxylic acids is 1. The van der Waals surface area contributed by atoms with Crippen molar-refractivity contribution in [3.8, 4) is 0 Å². The zero-order valence-corrected chi connectivity index (χ0v) is 7.49. The molecule has 0 radical (unpaired) electrons. The van der Waals surface area contributed by atoms with Crippen molar-refractivity contribution in [1.82, 2.24) is 0 Å². The first-order valence-corrected chi connectivity index (χ1v) is 3.91. The molecule has 0 heterocycles. The van der Waals surface area contributed by atoms with Crippen molar-refractivity contribution in [2.75, 3.05) is 0 Å². The van der Waals surface area contributed by atoms with Crippen molar-refractivity contribution >= 4 is 11.5 Å². The molecule has 0 spiro atoms. The highest BCUT2D eigenvalue weighted by molar-refractivity contribution is 6.15. The molecule has 14 heavy (non-hydrogen) atoms. The smallest absolute Gasteiger partial charge is 0.339 e. The van der Waals surface area contributed by atoms with Gasteiger partial charge in [0.1, 0.15) is 17.1 Å². The van der Waals surface area contributed by atoms with Crippen molar-refractivity contribution in [2.24, 2.45) is 0 Å². The third kappa shape index (κ3) is 2.10. The summed E-state index contributed by atoms with van der Waals surface area (Å²) in [6, 6.07) is 4.89. The number of benzene rings is 1. The fourth-order valence-corrected chi connectivity index (χ4v) is 1.10. The van der Waals surface area contributed by atoms with Crippen LogP contribution in [0.25, 0.3) is 5.57 Å². The third-order valence-electron chi connectivity index (χ3n) is 1.71. The lowest BCUT2D eigenvalue weighted by atomic mass is 10.1. The summed E-state index contributed by atoms with van der Waals surface area (Å²) in [5, 5.41) is 17.9. The van der Waals surface area contributed by atoms with Crippen LogP contribution < -0.4 is 0 Å². The van der Waals surface area contributed by atoms with E-state index in [0.717, 1.165) is 12.1 Å². The maximum Gasteiger partial charge on any atom is 0.339 e. The van der Waals surface area contributed by atoms with Gasteiger partial charge in [-0.1, -0.05) is 12.1 Å². The largest absolute Gasteiger partial charge is 0.512 e. The summed E-state index contributed by atoms with van der Waals surface area (Å²) in [5.74, 6) is -1.99. The first-order chi connectivity index (χ1) is 6.52. The maximum absolute atomic E-state index is 12.5. The van der Waals surface area contributed by atoms with Crippen LogP contribution in [0.4, 0.5) is 4.39 Å². The molecule has 0 saturated heterocycles. The van der Waals surface area contributed by atoms with E-state index in [1.807, 2.05) is 0 Å². The van der Waals surface area contributed by atoms with E-state index in [0.29, 0.717) is 0 Å². The molecule has 74 valence electrons. The Bertz CT molecular complexity index is 375.